The van der Waals surface area contributed by atoms with Gasteiger partial charge in [0, 0.05) is 12.1 Å². The fourth-order valence-electron chi connectivity index (χ4n) is 2.68. The third-order valence-electron chi connectivity index (χ3n) is 3.87. The Labute approximate surface area is 158 Å². The van der Waals surface area contributed by atoms with Crippen molar-refractivity contribution < 1.29 is 14.3 Å². The fraction of sp³-hybridized carbons (Fsp3) is 0.444. The predicted octanol–water partition coefficient (Wildman–Crippen LogP) is 2.39. The minimum Gasteiger partial charge on any atom is -0.444 e. The lowest BCUT2D eigenvalue weighted by molar-refractivity contribution is -0.124. The topological polar surface area (TPSA) is 111 Å². The average molecular weight is 378 g/mol. The highest BCUT2D eigenvalue weighted by Gasteiger charge is 2.37. The molecule has 1 aromatic rings. The largest absolute Gasteiger partial charge is 0.444 e. The van der Waals surface area contributed by atoms with Crippen molar-refractivity contribution in [3.05, 3.63) is 40.9 Å². The number of rotatable bonds is 4. The molecule has 142 valence electrons. The van der Waals surface area contributed by atoms with Crippen LogP contribution in [0.3, 0.4) is 0 Å². The Bertz CT molecular complexity index is 685. The number of carbonyl (C=O) groups is 2. The maximum atomic E-state index is 12.7. The first kappa shape index (κ1) is 20.1. The molecule has 0 aromatic heterocycles. The molecule has 0 unspecified atom stereocenters. The van der Waals surface area contributed by atoms with Crippen LogP contribution in [0.15, 0.2) is 35.4 Å². The number of carbonyl (C=O) groups excluding carboxylic acids is 2. The van der Waals surface area contributed by atoms with Gasteiger partial charge in [0.15, 0.2) is 0 Å². The van der Waals surface area contributed by atoms with Crippen LogP contribution in [0.2, 0.25) is 0 Å². The molecule has 0 spiro atoms. The third-order valence-corrected chi connectivity index (χ3v) is 4.43. The van der Waals surface area contributed by atoms with Crippen molar-refractivity contribution in [3.8, 4) is 0 Å². The summed E-state index contributed by atoms with van der Waals surface area (Å²) in [6, 6.07) is 8.65. The first-order chi connectivity index (χ1) is 12.2. The summed E-state index contributed by atoms with van der Waals surface area (Å²) in [4.78, 5) is 26.5. The van der Waals surface area contributed by atoms with E-state index in [0.717, 1.165) is 23.9 Å². The number of nitrogens with zero attached hydrogens (tertiary/aromatic N) is 1. The van der Waals surface area contributed by atoms with Crippen LogP contribution in [0, 0.1) is 0 Å². The van der Waals surface area contributed by atoms with Crippen molar-refractivity contribution in [1.29, 1.82) is 0 Å². The number of benzene rings is 1. The molecule has 2 amide bonds. The van der Waals surface area contributed by atoms with Crippen molar-refractivity contribution in [1.82, 2.24) is 10.2 Å². The summed E-state index contributed by atoms with van der Waals surface area (Å²) in [5, 5.41) is 8.81. The van der Waals surface area contributed by atoms with E-state index in [0.29, 0.717) is 23.7 Å². The maximum absolute atomic E-state index is 12.7. The Morgan fingerprint density at radius 2 is 1.92 bits per heavy atom. The van der Waals surface area contributed by atoms with Crippen LogP contribution >= 0.6 is 11.9 Å². The molecule has 8 heteroatoms. The molecule has 5 N–H and O–H groups in total. The SMILES string of the molecule is CC(C)(C)OC(=O)N1CCC[C@H]1C(=O)N/C(SN)=C(/N)c1ccccc1. The zero-order chi connectivity index (χ0) is 19.3. The van der Waals surface area contributed by atoms with Crippen molar-refractivity contribution in [2.24, 2.45) is 10.9 Å². The van der Waals surface area contributed by atoms with Gasteiger partial charge in [0.2, 0.25) is 5.91 Å². The zero-order valence-corrected chi connectivity index (χ0v) is 16.1. The molecule has 1 aromatic carbocycles. The van der Waals surface area contributed by atoms with Crippen LogP contribution in [0.1, 0.15) is 39.2 Å². The van der Waals surface area contributed by atoms with Crippen LogP contribution < -0.4 is 16.2 Å². The van der Waals surface area contributed by atoms with E-state index in [1.54, 1.807) is 20.8 Å². The van der Waals surface area contributed by atoms with Gasteiger partial charge in [-0.2, -0.15) is 0 Å². The minimum absolute atomic E-state index is 0.319. The second-order valence-corrected chi connectivity index (χ2v) is 7.69. The predicted molar refractivity (Wildman–Crippen MR) is 103 cm³/mol. The summed E-state index contributed by atoms with van der Waals surface area (Å²) in [5.74, 6) is -0.319. The van der Waals surface area contributed by atoms with Gasteiger partial charge in [-0.25, -0.2) is 4.79 Å². The van der Waals surface area contributed by atoms with Gasteiger partial charge >= 0.3 is 6.09 Å². The molecular weight excluding hydrogens is 352 g/mol. The Balaban J connectivity index is 2.13. The van der Waals surface area contributed by atoms with Crippen molar-refractivity contribution >= 4 is 29.6 Å². The molecule has 26 heavy (non-hydrogen) atoms. The van der Waals surface area contributed by atoms with E-state index in [1.165, 1.54) is 4.90 Å². The van der Waals surface area contributed by atoms with E-state index in [4.69, 9.17) is 15.6 Å². The number of likely N-dealkylation sites (tertiary alicyclic amines) is 1. The Morgan fingerprint density at radius 1 is 1.27 bits per heavy atom. The van der Waals surface area contributed by atoms with Gasteiger partial charge in [0.05, 0.1) is 5.70 Å². The second-order valence-electron chi connectivity index (χ2n) is 7.05. The van der Waals surface area contributed by atoms with Gasteiger partial charge in [-0.15, -0.1) is 0 Å². The fourth-order valence-corrected chi connectivity index (χ4v) is 3.09. The summed E-state index contributed by atoms with van der Waals surface area (Å²) in [6.07, 6.45) is 0.816. The van der Waals surface area contributed by atoms with Gasteiger partial charge in [0.25, 0.3) is 0 Å². The van der Waals surface area contributed by atoms with Crippen LogP contribution in [0.25, 0.3) is 5.70 Å². The van der Waals surface area contributed by atoms with E-state index >= 15 is 0 Å². The van der Waals surface area contributed by atoms with Gasteiger partial charge in [0.1, 0.15) is 16.7 Å². The molecule has 1 saturated heterocycles. The molecular formula is C18H26N4O3S. The lowest BCUT2D eigenvalue weighted by Gasteiger charge is -2.28. The molecule has 7 nitrogen and oxygen atoms in total. The monoisotopic (exact) mass is 378 g/mol. The van der Waals surface area contributed by atoms with E-state index < -0.39 is 17.7 Å². The zero-order valence-electron chi connectivity index (χ0n) is 15.3. The lowest BCUT2D eigenvalue weighted by atomic mass is 10.1. The summed E-state index contributed by atoms with van der Waals surface area (Å²) in [6.45, 7) is 5.86. The number of hydrogen-bond donors (Lipinski definition) is 3. The molecule has 0 saturated carbocycles. The second kappa shape index (κ2) is 8.46. The molecule has 1 aliphatic rings. The molecule has 1 fully saturated rings. The summed E-state index contributed by atoms with van der Waals surface area (Å²) in [7, 11) is 0. The third kappa shape index (κ3) is 5.15. The molecule has 1 heterocycles. The van der Waals surface area contributed by atoms with E-state index in [2.05, 4.69) is 5.32 Å². The number of amides is 2. The summed E-state index contributed by atoms with van der Waals surface area (Å²) < 4.78 is 5.39. The summed E-state index contributed by atoms with van der Waals surface area (Å²) >= 11 is 0.868. The molecule has 2 rings (SSSR count). The number of nitrogens with two attached hydrogens (primary N) is 2. The molecule has 1 atom stereocenters. The van der Waals surface area contributed by atoms with Gasteiger partial charge in [-0.1, -0.05) is 30.3 Å². The van der Waals surface area contributed by atoms with Gasteiger partial charge in [-0.05, 0) is 45.6 Å². The van der Waals surface area contributed by atoms with Gasteiger partial charge < -0.3 is 15.8 Å². The Kier molecular flexibility index (Phi) is 6.55. The minimum atomic E-state index is -0.614. The highest BCUT2D eigenvalue weighted by molar-refractivity contribution is 8.01. The van der Waals surface area contributed by atoms with E-state index in [9.17, 15) is 9.59 Å². The molecule has 0 bridgehead atoms. The van der Waals surface area contributed by atoms with E-state index in [1.807, 2.05) is 30.3 Å². The Hall–Kier alpha value is -2.19. The van der Waals surface area contributed by atoms with Crippen molar-refractivity contribution in [2.45, 2.75) is 45.3 Å². The quantitative estimate of drug-likeness (QED) is 0.694. The van der Waals surface area contributed by atoms with Gasteiger partial charge in [-0.3, -0.25) is 14.8 Å². The lowest BCUT2D eigenvalue weighted by Crippen LogP contribution is -2.47. The van der Waals surface area contributed by atoms with Crippen LogP contribution in [0.4, 0.5) is 4.79 Å². The number of ether oxygens (including phenoxy) is 1. The van der Waals surface area contributed by atoms with Crippen LogP contribution in [-0.4, -0.2) is 35.1 Å². The Morgan fingerprint density at radius 3 is 2.50 bits per heavy atom. The normalized spacial score (nSPS) is 18.3. The molecule has 0 radical (unpaired) electrons. The van der Waals surface area contributed by atoms with Crippen LogP contribution in [-0.2, 0) is 9.53 Å². The summed E-state index contributed by atoms with van der Waals surface area (Å²) in [5.41, 5.74) is 6.66. The van der Waals surface area contributed by atoms with E-state index in [-0.39, 0.29) is 5.91 Å². The van der Waals surface area contributed by atoms with Crippen molar-refractivity contribution in [3.63, 3.8) is 0 Å². The first-order valence-electron chi connectivity index (χ1n) is 8.45. The number of nitrogens with one attached hydrogen (secondary N) is 1. The highest BCUT2D eigenvalue weighted by Crippen LogP contribution is 2.23. The molecule has 0 aliphatic carbocycles. The molecule has 1 aliphatic heterocycles. The number of hydrogen-bond acceptors (Lipinski definition) is 6. The first-order valence-corrected chi connectivity index (χ1v) is 9.33. The highest BCUT2D eigenvalue weighted by atomic mass is 32.2. The smallest absolute Gasteiger partial charge is 0.410 e. The van der Waals surface area contributed by atoms with Crippen molar-refractivity contribution in [2.75, 3.05) is 6.54 Å². The standard InChI is InChI=1S/C18H26N4O3S/c1-18(2,3)25-17(24)22-11-7-10-13(22)15(23)21-16(26-20)14(19)12-8-5-4-6-9-12/h4-6,8-9,13H,7,10-11,19-20H2,1-3H3,(H,21,23)/b16-14-/t13-/m0/s1. The maximum Gasteiger partial charge on any atom is 0.410 e. The van der Waals surface area contributed by atoms with Crippen LogP contribution in [0.5, 0.6) is 0 Å². The average Bonchev–Trinajstić information content (AvgIpc) is 3.08.